The highest BCUT2D eigenvalue weighted by Gasteiger charge is 2.09. The molecule has 27 heavy (non-hydrogen) atoms. The van der Waals surface area contributed by atoms with Crippen LogP contribution >= 0.6 is 23.4 Å². The maximum Gasteiger partial charge on any atom is 0.269 e. The number of halogens is 1. The summed E-state index contributed by atoms with van der Waals surface area (Å²) in [5.74, 6) is -0.0137. The molecule has 0 aliphatic heterocycles. The molecule has 0 fully saturated rings. The molecule has 0 heterocycles. The van der Waals surface area contributed by atoms with E-state index >= 15 is 0 Å². The van der Waals surface area contributed by atoms with Gasteiger partial charge in [-0.2, -0.15) is 0 Å². The van der Waals surface area contributed by atoms with Crippen LogP contribution in [0, 0.1) is 0 Å². The van der Waals surface area contributed by atoms with E-state index in [1.54, 1.807) is 12.1 Å². The van der Waals surface area contributed by atoms with E-state index < -0.39 is 0 Å². The Bertz CT molecular complexity index is 764. The smallest absolute Gasteiger partial charge is 0.269 e. The first-order valence-corrected chi connectivity index (χ1v) is 10.2. The molecule has 0 bridgehead atoms. The molecule has 0 aromatic heterocycles. The first-order chi connectivity index (χ1) is 13.0. The molecule has 2 N–H and O–H groups in total. The van der Waals surface area contributed by atoms with Gasteiger partial charge in [0.2, 0.25) is 5.91 Å². The minimum absolute atomic E-state index is 0.248. The van der Waals surface area contributed by atoms with Gasteiger partial charge in [0.15, 0.2) is 0 Å². The van der Waals surface area contributed by atoms with Gasteiger partial charge in [0.25, 0.3) is 5.91 Å². The van der Waals surface area contributed by atoms with Gasteiger partial charge in [-0.15, -0.1) is 11.8 Å². The van der Waals surface area contributed by atoms with Crippen LogP contribution in [0.3, 0.4) is 0 Å². The zero-order chi connectivity index (χ0) is 19.6. The van der Waals surface area contributed by atoms with Gasteiger partial charge >= 0.3 is 0 Å². The number of hydrogen-bond donors (Lipinski definition) is 2. The summed E-state index contributed by atoms with van der Waals surface area (Å²) in [6.45, 7) is 5.99. The molecule has 2 rings (SSSR count). The molecule has 2 aromatic rings. The summed E-state index contributed by atoms with van der Waals surface area (Å²) in [5, 5.41) is 0.671. The maximum atomic E-state index is 12.1. The van der Waals surface area contributed by atoms with Crippen LogP contribution in [0.1, 0.15) is 30.6 Å². The van der Waals surface area contributed by atoms with Gasteiger partial charge in [-0.25, -0.2) is 0 Å². The Hall–Kier alpha value is -2.18. The third kappa shape index (κ3) is 6.48. The molecule has 2 aromatic carbocycles. The predicted octanol–water partition coefficient (Wildman–Crippen LogP) is 4.13. The third-order valence-electron chi connectivity index (χ3n) is 4.00. The quantitative estimate of drug-likeness (QED) is 0.512. The van der Waals surface area contributed by atoms with E-state index in [-0.39, 0.29) is 18.2 Å². The number of amides is 2. The summed E-state index contributed by atoms with van der Waals surface area (Å²) in [6, 6.07) is 14.8. The van der Waals surface area contributed by atoms with Crippen molar-refractivity contribution in [2.75, 3.05) is 23.7 Å². The fraction of sp³-hybridized carbons (Fsp3) is 0.300. The molecule has 144 valence electrons. The van der Waals surface area contributed by atoms with E-state index in [9.17, 15) is 9.59 Å². The number of carbonyl (C=O) groups is 2. The zero-order valence-electron chi connectivity index (χ0n) is 15.5. The van der Waals surface area contributed by atoms with Gasteiger partial charge in [0.05, 0.1) is 5.02 Å². The first-order valence-electron chi connectivity index (χ1n) is 8.86. The number of nitrogens with one attached hydrogen (secondary N) is 2. The summed E-state index contributed by atoms with van der Waals surface area (Å²) in [6.07, 6.45) is 0.275. The molecule has 0 atom stereocenters. The van der Waals surface area contributed by atoms with Crippen LogP contribution < -0.4 is 15.8 Å². The summed E-state index contributed by atoms with van der Waals surface area (Å²) in [5.41, 5.74) is 6.46. The largest absolute Gasteiger partial charge is 0.372 e. The summed E-state index contributed by atoms with van der Waals surface area (Å²) in [4.78, 5) is 27.2. The molecule has 0 aliphatic carbocycles. The van der Waals surface area contributed by atoms with Crippen molar-refractivity contribution in [3.63, 3.8) is 0 Å². The van der Waals surface area contributed by atoms with Crippen molar-refractivity contribution in [2.24, 2.45) is 0 Å². The van der Waals surface area contributed by atoms with E-state index in [0.29, 0.717) is 16.3 Å². The molecule has 5 nitrogen and oxygen atoms in total. The lowest BCUT2D eigenvalue weighted by atomic mass is 10.2. The predicted molar refractivity (Wildman–Crippen MR) is 112 cm³/mol. The highest BCUT2D eigenvalue weighted by molar-refractivity contribution is 7.99. The molecular formula is C20H24ClN3O2S. The number of carbonyl (C=O) groups excluding carboxylic acids is 2. The Morgan fingerprint density at radius 2 is 1.67 bits per heavy atom. The number of hydrogen-bond acceptors (Lipinski definition) is 4. The summed E-state index contributed by atoms with van der Waals surface area (Å²) < 4.78 is 0. The highest BCUT2D eigenvalue weighted by Crippen LogP contribution is 2.26. The average molecular weight is 406 g/mol. The van der Waals surface area contributed by atoms with E-state index in [1.807, 2.05) is 36.4 Å². The Morgan fingerprint density at radius 1 is 1.00 bits per heavy atom. The van der Waals surface area contributed by atoms with E-state index in [0.717, 1.165) is 23.7 Å². The SMILES string of the molecule is CCN(CC)c1ccc(C(=O)NNC(=O)CCSc2ccccc2Cl)cc1. The number of hydrazine groups is 1. The Labute approximate surface area is 169 Å². The topological polar surface area (TPSA) is 61.4 Å². The number of benzene rings is 2. The number of anilines is 1. The lowest BCUT2D eigenvalue weighted by molar-refractivity contribution is -0.121. The molecule has 0 radical (unpaired) electrons. The summed E-state index contributed by atoms with van der Waals surface area (Å²) in [7, 11) is 0. The zero-order valence-corrected chi connectivity index (χ0v) is 17.1. The van der Waals surface area contributed by atoms with Gasteiger partial charge in [-0.05, 0) is 50.2 Å². The maximum absolute atomic E-state index is 12.1. The van der Waals surface area contributed by atoms with Crippen LogP contribution in [0.15, 0.2) is 53.4 Å². The Morgan fingerprint density at radius 3 is 2.30 bits per heavy atom. The van der Waals surface area contributed by atoms with Crippen molar-refractivity contribution in [1.82, 2.24) is 10.9 Å². The fourth-order valence-electron chi connectivity index (χ4n) is 2.49. The van der Waals surface area contributed by atoms with Crippen LogP contribution in [0.4, 0.5) is 5.69 Å². The number of rotatable bonds is 8. The molecule has 0 aliphatic rings. The van der Waals surface area contributed by atoms with Crippen LogP contribution in [-0.2, 0) is 4.79 Å². The number of thioether (sulfide) groups is 1. The van der Waals surface area contributed by atoms with Gasteiger partial charge in [-0.3, -0.25) is 20.4 Å². The molecule has 0 spiro atoms. The van der Waals surface area contributed by atoms with Crippen molar-refractivity contribution in [3.8, 4) is 0 Å². The third-order valence-corrected chi connectivity index (χ3v) is 5.51. The van der Waals surface area contributed by atoms with E-state index in [2.05, 4.69) is 29.6 Å². The van der Waals surface area contributed by atoms with Crippen molar-refractivity contribution >= 4 is 40.9 Å². The molecular weight excluding hydrogens is 382 g/mol. The number of nitrogens with zero attached hydrogens (tertiary/aromatic N) is 1. The van der Waals surface area contributed by atoms with Crippen molar-refractivity contribution in [2.45, 2.75) is 25.2 Å². The molecule has 7 heteroatoms. The second-order valence-corrected chi connectivity index (χ2v) is 7.29. The lowest BCUT2D eigenvalue weighted by Crippen LogP contribution is -2.41. The highest BCUT2D eigenvalue weighted by atomic mass is 35.5. The molecule has 0 unspecified atom stereocenters. The minimum Gasteiger partial charge on any atom is -0.372 e. The van der Waals surface area contributed by atoms with Gasteiger partial charge in [0.1, 0.15) is 0 Å². The van der Waals surface area contributed by atoms with E-state index in [1.165, 1.54) is 11.8 Å². The van der Waals surface area contributed by atoms with Crippen molar-refractivity contribution in [3.05, 3.63) is 59.1 Å². The Kier molecular flexibility index (Phi) is 8.48. The van der Waals surface area contributed by atoms with Crippen LogP contribution in [0.2, 0.25) is 5.02 Å². The van der Waals surface area contributed by atoms with Crippen LogP contribution in [0.25, 0.3) is 0 Å². The lowest BCUT2D eigenvalue weighted by Gasteiger charge is -2.21. The molecule has 0 saturated carbocycles. The normalized spacial score (nSPS) is 10.3. The minimum atomic E-state index is -0.340. The van der Waals surface area contributed by atoms with Crippen LogP contribution in [-0.4, -0.2) is 30.7 Å². The van der Waals surface area contributed by atoms with Crippen molar-refractivity contribution < 1.29 is 9.59 Å². The van der Waals surface area contributed by atoms with Crippen molar-refractivity contribution in [1.29, 1.82) is 0 Å². The molecule has 2 amide bonds. The second kappa shape index (κ2) is 10.8. The van der Waals surface area contributed by atoms with Crippen LogP contribution in [0.5, 0.6) is 0 Å². The van der Waals surface area contributed by atoms with Gasteiger partial charge in [0, 0.05) is 41.4 Å². The Balaban J connectivity index is 1.76. The van der Waals surface area contributed by atoms with Gasteiger partial charge < -0.3 is 4.90 Å². The molecule has 0 saturated heterocycles. The second-order valence-electron chi connectivity index (χ2n) is 5.75. The standard InChI is InChI=1S/C20H24ClN3O2S/c1-3-24(4-2)16-11-9-15(10-12-16)20(26)23-22-19(25)13-14-27-18-8-6-5-7-17(18)21/h5-12H,3-4,13-14H2,1-2H3,(H,22,25)(H,23,26). The average Bonchev–Trinajstić information content (AvgIpc) is 2.69. The first kappa shape index (κ1) is 21.1. The van der Waals surface area contributed by atoms with E-state index in [4.69, 9.17) is 11.6 Å². The fourth-order valence-corrected chi connectivity index (χ4v) is 3.68. The van der Waals surface area contributed by atoms with Gasteiger partial charge in [-0.1, -0.05) is 23.7 Å². The summed E-state index contributed by atoms with van der Waals surface area (Å²) >= 11 is 7.58. The monoisotopic (exact) mass is 405 g/mol.